The zero-order valence-corrected chi connectivity index (χ0v) is 21.8. The molecule has 3 heterocycles. The van der Waals surface area contributed by atoms with Gasteiger partial charge >= 0.3 is 5.97 Å². The summed E-state index contributed by atoms with van der Waals surface area (Å²) in [4.78, 5) is 18.1. The van der Waals surface area contributed by atoms with Crippen molar-refractivity contribution in [3.63, 3.8) is 0 Å². The van der Waals surface area contributed by atoms with E-state index < -0.39 is 5.97 Å². The molecule has 2 saturated carbocycles. The highest BCUT2D eigenvalue weighted by molar-refractivity contribution is 5.92. The number of hydrogen-bond donors (Lipinski definition) is 2. The predicted octanol–water partition coefficient (Wildman–Crippen LogP) is 6.41. The Morgan fingerprint density at radius 2 is 1.82 bits per heavy atom. The highest BCUT2D eigenvalue weighted by Crippen LogP contribution is 2.56. The van der Waals surface area contributed by atoms with Crippen LogP contribution in [0.25, 0.3) is 16.5 Å². The number of aromatic carboxylic acids is 1. The van der Waals surface area contributed by atoms with Gasteiger partial charge in [0.1, 0.15) is 11.5 Å². The van der Waals surface area contributed by atoms with E-state index in [1.165, 1.54) is 73.6 Å². The highest BCUT2D eigenvalue weighted by atomic mass is 16.5. The molecule has 3 aliphatic carbocycles. The molecule has 0 atom stereocenters. The van der Waals surface area contributed by atoms with Crippen LogP contribution >= 0.6 is 0 Å². The van der Waals surface area contributed by atoms with Crippen LogP contribution in [0.3, 0.4) is 0 Å². The molecule has 38 heavy (non-hydrogen) atoms. The number of anilines is 1. The van der Waals surface area contributed by atoms with Crippen molar-refractivity contribution in [3.05, 3.63) is 58.6 Å². The molecule has 7 rings (SSSR count). The average Bonchev–Trinajstić information content (AvgIpc) is 3.69. The van der Waals surface area contributed by atoms with E-state index in [1.807, 2.05) is 12.1 Å². The first-order chi connectivity index (χ1) is 18.5. The number of allylic oxidation sites excluding steroid dienone is 2. The highest BCUT2D eigenvalue weighted by Gasteiger charge is 2.44. The van der Waals surface area contributed by atoms with Crippen LogP contribution in [0, 0.1) is 5.41 Å². The normalized spacial score (nSPS) is 21.5. The van der Waals surface area contributed by atoms with Gasteiger partial charge in [-0.25, -0.2) is 9.78 Å². The van der Waals surface area contributed by atoms with E-state index in [1.54, 1.807) is 0 Å². The minimum atomic E-state index is -1.08. The SMILES string of the molecule is O=C(O)c1cc(CO)c2cc(N3CCC4(C=C(c5c(C6CCCCC6)noc5C5CC5)C4)CC3)ccc2n1. The largest absolute Gasteiger partial charge is 0.477 e. The quantitative estimate of drug-likeness (QED) is 0.393. The van der Waals surface area contributed by atoms with E-state index in [2.05, 4.69) is 27.2 Å². The Bertz CT molecular complexity index is 1420. The molecule has 4 aliphatic rings. The summed E-state index contributed by atoms with van der Waals surface area (Å²) in [6.45, 7) is 1.73. The second-order valence-corrected chi connectivity index (χ2v) is 11.9. The zero-order valence-electron chi connectivity index (χ0n) is 21.8. The number of fused-ring (bicyclic) bond motifs is 1. The third kappa shape index (κ3) is 4.12. The van der Waals surface area contributed by atoms with Gasteiger partial charge in [0.05, 0.1) is 17.8 Å². The molecule has 2 aromatic heterocycles. The van der Waals surface area contributed by atoms with Crippen LogP contribution in [0.4, 0.5) is 5.69 Å². The molecule has 7 heteroatoms. The van der Waals surface area contributed by atoms with E-state index in [9.17, 15) is 15.0 Å². The van der Waals surface area contributed by atoms with Gasteiger partial charge in [0.2, 0.25) is 0 Å². The Morgan fingerprint density at radius 1 is 1.05 bits per heavy atom. The van der Waals surface area contributed by atoms with Crippen molar-refractivity contribution in [2.24, 2.45) is 5.41 Å². The van der Waals surface area contributed by atoms with Crippen LogP contribution in [0.1, 0.15) is 109 Å². The minimum absolute atomic E-state index is 0.0360. The lowest BCUT2D eigenvalue weighted by atomic mass is 9.63. The summed E-state index contributed by atoms with van der Waals surface area (Å²) in [7, 11) is 0. The summed E-state index contributed by atoms with van der Waals surface area (Å²) >= 11 is 0. The molecule has 2 N–H and O–H groups in total. The minimum Gasteiger partial charge on any atom is -0.477 e. The Balaban J connectivity index is 1.10. The summed E-state index contributed by atoms with van der Waals surface area (Å²) in [6, 6.07) is 7.43. The molecule has 1 spiro atoms. The summed E-state index contributed by atoms with van der Waals surface area (Å²) in [5.41, 5.74) is 6.64. The maximum atomic E-state index is 11.4. The summed E-state index contributed by atoms with van der Waals surface area (Å²) in [5, 5.41) is 24.7. The smallest absolute Gasteiger partial charge is 0.354 e. The number of rotatable bonds is 6. The Hall–Kier alpha value is -3.19. The number of carboxylic acids is 1. The van der Waals surface area contributed by atoms with Crippen LogP contribution in [-0.2, 0) is 6.61 Å². The summed E-state index contributed by atoms with van der Waals surface area (Å²) < 4.78 is 6.00. The maximum absolute atomic E-state index is 11.4. The third-order valence-electron chi connectivity index (χ3n) is 9.42. The van der Waals surface area contributed by atoms with Gasteiger partial charge in [-0.1, -0.05) is 30.5 Å². The predicted molar refractivity (Wildman–Crippen MR) is 145 cm³/mol. The van der Waals surface area contributed by atoms with Gasteiger partial charge in [0, 0.05) is 41.6 Å². The Kier molecular flexibility index (Phi) is 5.80. The maximum Gasteiger partial charge on any atom is 0.354 e. The van der Waals surface area contributed by atoms with E-state index in [0.29, 0.717) is 22.9 Å². The lowest BCUT2D eigenvalue weighted by molar-refractivity contribution is 0.0690. The average molecular weight is 514 g/mol. The lowest BCUT2D eigenvalue weighted by Crippen LogP contribution is -2.42. The van der Waals surface area contributed by atoms with Gasteiger partial charge in [-0.05, 0) is 85.8 Å². The number of piperidine rings is 1. The number of aliphatic hydroxyl groups excluding tert-OH is 1. The molecule has 0 amide bonds. The number of aromatic nitrogens is 2. The number of nitrogens with zero attached hydrogens (tertiary/aromatic N) is 3. The molecule has 198 valence electrons. The Morgan fingerprint density at radius 3 is 2.50 bits per heavy atom. The molecule has 1 aromatic carbocycles. The number of carboxylic acid groups (broad SMARTS) is 1. The van der Waals surface area contributed by atoms with Crippen LogP contribution in [0.15, 0.2) is 34.9 Å². The number of benzene rings is 1. The van der Waals surface area contributed by atoms with Gasteiger partial charge in [-0.3, -0.25) is 0 Å². The van der Waals surface area contributed by atoms with E-state index in [4.69, 9.17) is 4.52 Å². The van der Waals surface area contributed by atoms with Gasteiger partial charge < -0.3 is 19.6 Å². The van der Waals surface area contributed by atoms with E-state index in [-0.39, 0.29) is 17.7 Å². The first kappa shape index (κ1) is 23.9. The van der Waals surface area contributed by atoms with Crippen LogP contribution in [0.5, 0.6) is 0 Å². The molecule has 7 nitrogen and oxygen atoms in total. The molecule has 0 unspecified atom stereocenters. The molecule has 1 saturated heterocycles. The fourth-order valence-corrected chi connectivity index (χ4v) is 7.05. The Labute approximate surface area is 222 Å². The van der Waals surface area contributed by atoms with Crippen LogP contribution < -0.4 is 4.90 Å². The van der Waals surface area contributed by atoms with Crippen LogP contribution in [-0.4, -0.2) is 39.4 Å². The van der Waals surface area contributed by atoms with E-state index in [0.717, 1.165) is 43.4 Å². The lowest BCUT2D eigenvalue weighted by Gasteiger charge is -2.47. The van der Waals surface area contributed by atoms with Gasteiger partial charge in [0.25, 0.3) is 0 Å². The molecule has 3 fully saturated rings. The number of carbonyl (C=O) groups is 1. The first-order valence-corrected chi connectivity index (χ1v) is 14.3. The van der Waals surface area contributed by atoms with Crippen LogP contribution in [0.2, 0.25) is 0 Å². The monoisotopic (exact) mass is 513 g/mol. The topological polar surface area (TPSA) is 99.7 Å². The fourth-order valence-electron chi connectivity index (χ4n) is 7.05. The fraction of sp³-hybridized carbons (Fsp3) is 0.516. The van der Waals surface area contributed by atoms with Crippen molar-refractivity contribution in [2.75, 3.05) is 18.0 Å². The molecule has 3 aromatic rings. The van der Waals surface area contributed by atoms with Crippen molar-refractivity contribution in [1.29, 1.82) is 0 Å². The third-order valence-corrected chi connectivity index (χ3v) is 9.42. The van der Waals surface area contributed by atoms with Gasteiger partial charge in [0.15, 0.2) is 0 Å². The van der Waals surface area contributed by atoms with Crippen molar-refractivity contribution in [2.45, 2.75) is 82.7 Å². The number of aliphatic hydroxyl groups is 1. The molecular formula is C31H35N3O4. The number of pyridine rings is 1. The summed E-state index contributed by atoms with van der Waals surface area (Å²) in [6.07, 6.45) is 14.8. The summed E-state index contributed by atoms with van der Waals surface area (Å²) in [5.74, 6) is 1.22. The second kappa shape index (κ2) is 9.23. The first-order valence-electron chi connectivity index (χ1n) is 14.3. The second-order valence-electron chi connectivity index (χ2n) is 11.9. The van der Waals surface area contributed by atoms with Crippen molar-refractivity contribution in [1.82, 2.24) is 10.1 Å². The molecular weight excluding hydrogens is 478 g/mol. The molecule has 0 bridgehead atoms. The molecule has 1 aliphatic heterocycles. The van der Waals surface area contributed by atoms with Crippen molar-refractivity contribution >= 4 is 28.1 Å². The number of hydrogen-bond acceptors (Lipinski definition) is 6. The molecule has 0 radical (unpaired) electrons. The van der Waals surface area contributed by atoms with Crippen molar-refractivity contribution in [3.8, 4) is 0 Å². The van der Waals surface area contributed by atoms with E-state index >= 15 is 0 Å². The van der Waals surface area contributed by atoms with Gasteiger partial charge in [-0.2, -0.15) is 0 Å². The standard InChI is InChI=1S/C31H35N3O4/c35-18-21-14-26(30(36)37)32-25-9-8-23(15-24(21)25)34-12-10-31(11-13-34)16-22(17-31)27-28(19-4-2-1-3-5-19)33-38-29(27)20-6-7-20/h8-9,14-16,19-20,35H,1-7,10-13,17-18H2,(H,36,37). The van der Waals surface area contributed by atoms with Gasteiger partial charge in [-0.15, -0.1) is 0 Å². The zero-order chi connectivity index (χ0) is 25.9. The van der Waals surface area contributed by atoms with Crippen molar-refractivity contribution < 1.29 is 19.5 Å².